The maximum Gasteiger partial charge on any atom is 0.0714 e. The molecule has 0 saturated carbocycles. The molecule has 0 aliphatic heterocycles. The number of hydrogen-bond donors (Lipinski definition) is 0. The fourth-order valence-corrected chi connectivity index (χ4v) is 10.2. The number of nitrogens with zero attached hydrogens (tertiary/aromatic N) is 1. The lowest BCUT2D eigenvalue weighted by Crippen LogP contribution is -2.28. The second kappa shape index (κ2) is 13.5. The highest BCUT2D eigenvalue weighted by Gasteiger charge is 2.46. The molecule has 1 nitrogen and oxygen atoms in total. The lowest BCUT2D eigenvalue weighted by molar-refractivity contribution is 0.714. The zero-order valence-corrected chi connectivity index (χ0v) is 32.4. The van der Waals surface area contributed by atoms with Gasteiger partial charge in [-0.2, -0.15) is 0 Å². The molecule has 274 valence electrons. The normalized spacial score (nSPS) is 15.5. The van der Waals surface area contributed by atoms with E-state index in [0.717, 1.165) is 17.1 Å². The van der Waals surface area contributed by atoms with Gasteiger partial charge >= 0.3 is 0 Å². The molecule has 9 aromatic carbocycles. The van der Waals surface area contributed by atoms with Crippen molar-refractivity contribution in [2.45, 2.75) is 17.8 Å². The molecule has 1 unspecified atom stereocenters. The van der Waals surface area contributed by atoms with Crippen LogP contribution in [0.3, 0.4) is 0 Å². The topological polar surface area (TPSA) is 3.24 Å². The summed E-state index contributed by atoms with van der Waals surface area (Å²) in [5.74, 6) is 0. The Bertz CT molecular complexity index is 2910. The molecule has 0 fully saturated rings. The summed E-state index contributed by atoms with van der Waals surface area (Å²) < 4.78 is 0. The van der Waals surface area contributed by atoms with Crippen molar-refractivity contribution in [1.82, 2.24) is 0 Å². The summed E-state index contributed by atoms with van der Waals surface area (Å²) >= 11 is 0. The predicted octanol–water partition coefficient (Wildman–Crippen LogP) is 14.5. The summed E-state index contributed by atoms with van der Waals surface area (Å²) in [6.07, 6.45) is 0. The third-order valence-corrected chi connectivity index (χ3v) is 12.8. The molecule has 58 heavy (non-hydrogen) atoms. The van der Waals surface area contributed by atoms with Gasteiger partial charge < -0.3 is 4.90 Å². The first-order valence-electron chi connectivity index (χ1n) is 20.3. The van der Waals surface area contributed by atoms with Crippen LogP contribution in [0.5, 0.6) is 0 Å². The van der Waals surface area contributed by atoms with Crippen molar-refractivity contribution in [1.29, 1.82) is 0 Å². The fraction of sp³-hybridized carbons (Fsp3) is 0.0526. The van der Waals surface area contributed by atoms with Crippen molar-refractivity contribution >= 4 is 17.1 Å². The van der Waals surface area contributed by atoms with Gasteiger partial charge in [0.05, 0.1) is 11.1 Å². The van der Waals surface area contributed by atoms with Crippen LogP contribution in [-0.2, 0) is 10.8 Å². The second-order valence-electron chi connectivity index (χ2n) is 15.7. The third-order valence-electron chi connectivity index (χ3n) is 12.8. The molecule has 9 aromatic rings. The van der Waals surface area contributed by atoms with Gasteiger partial charge in [-0.1, -0.05) is 194 Å². The molecule has 0 bridgehead atoms. The molecule has 0 saturated heterocycles. The Labute approximate surface area is 341 Å². The molecule has 2 aliphatic rings. The summed E-state index contributed by atoms with van der Waals surface area (Å²) in [6, 6.07) is 85.1. The van der Waals surface area contributed by atoms with Crippen molar-refractivity contribution in [3.8, 4) is 33.4 Å². The van der Waals surface area contributed by atoms with E-state index in [0.29, 0.717) is 0 Å². The minimum atomic E-state index is -0.497. The molecular formula is C57H41N. The van der Waals surface area contributed by atoms with E-state index < -0.39 is 5.41 Å². The molecule has 1 heteroatoms. The molecule has 0 amide bonds. The van der Waals surface area contributed by atoms with Crippen LogP contribution in [-0.4, -0.2) is 0 Å². The number of anilines is 3. The fourth-order valence-electron chi connectivity index (χ4n) is 10.2. The van der Waals surface area contributed by atoms with Crippen molar-refractivity contribution < 1.29 is 0 Å². The average molecular weight is 740 g/mol. The molecule has 0 spiro atoms. The first-order valence-corrected chi connectivity index (χ1v) is 20.3. The van der Waals surface area contributed by atoms with Gasteiger partial charge in [-0.3, -0.25) is 0 Å². The Morgan fingerprint density at radius 3 is 1.43 bits per heavy atom. The molecule has 0 radical (unpaired) electrons. The zero-order valence-electron chi connectivity index (χ0n) is 32.4. The third kappa shape index (κ3) is 4.96. The first-order chi connectivity index (χ1) is 28.7. The molecule has 2 aliphatic carbocycles. The number of fused-ring (bicyclic) bond motifs is 6. The Morgan fingerprint density at radius 2 is 0.776 bits per heavy atom. The van der Waals surface area contributed by atoms with Crippen molar-refractivity contribution in [2.24, 2.45) is 0 Å². The van der Waals surface area contributed by atoms with Crippen molar-refractivity contribution in [3.05, 3.63) is 269 Å². The van der Waals surface area contributed by atoms with Crippen LogP contribution in [0.4, 0.5) is 17.1 Å². The van der Waals surface area contributed by atoms with E-state index >= 15 is 0 Å². The summed E-state index contributed by atoms with van der Waals surface area (Å²) in [7, 11) is 0. The van der Waals surface area contributed by atoms with Crippen LogP contribution < -0.4 is 4.90 Å². The Balaban J connectivity index is 1.13. The van der Waals surface area contributed by atoms with E-state index in [9.17, 15) is 0 Å². The van der Waals surface area contributed by atoms with E-state index in [1.54, 1.807) is 0 Å². The molecule has 11 rings (SSSR count). The van der Waals surface area contributed by atoms with Gasteiger partial charge in [0.15, 0.2) is 0 Å². The number of hydrogen-bond acceptors (Lipinski definition) is 1. The van der Waals surface area contributed by atoms with E-state index in [1.165, 1.54) is 72.3 Å². The monoisotopic (exact) mass is 739 g/mol. The van der Waals surface area contributed by atoms with E-state index in [-0.39, 0.29) is 5.41 Å². The SMILES string of the molecule is CC1(c2ccccc2)c2ccccc2-c2ccc(-c3ccccc3N(c3ccccc3)c3ccc4c(c3)C(c3ccccc3)(c3ccccc3)c3ccccc3-4)cc21. The van der Waals surface area contributed by atoms with Gasteiger partial charge in [0.25, 0.3) is 0 Å². The highest BCUT2D eigenvalue weighted by atomic mass is 15.1. The molecule has 1 atom stereocenters. The van der Waals surface area contributed by atoms with Gasteiger partial charge in [-0.15, -0.1) is 0 Å². The Hall–Kier alpha value is -7.22. The van der Waals surface area contributed by atoms with Gasteiger partial charge in [-0.05, 0) is 110 Å². The van der Waals surface area contributed by atoms with Crippen molar-refractivity contribution in [2.75, 3.05) is 4.90 Å². The maximum atomic E-state index is 2.46. The van der Waals surface area contributed by atoms with Crippen LogP contribution in [0.1, 0.15) is 45.9 Å². The van der Waals surface area contributed by atoms with E-state index in [2.05, 4.69) is 242 Å². The largest absolute Gasteiger partial charge is 0.310 e. The molecule has 0 heterocycles. The zero-order chi connectivity index (χ0) is 38.7. The summed E-state index contributed by atoms with van der Waals surface area (Å²) in [5.41, 5.74) is 19.2. The van der Waals surface area contributed by atoms with Gasteiger partial charge in [-0.25, -0.2) is 0 Å². The van der Waals surface area contributed by atoms with Gasteiger partial charge in [0, 0.05) is 22.4 Å². The van der Waals surface area contributed by atoms with E-state index in [1.807, 2.05) is 0 Å². The molecule has 0 aromatic heterocycles. The smallest absolute Gasteiger partial charge is 0.0714 e. The van der Waals surface area contributed by atoms with Crippen LogP contribution >= 0.6 is 0 Å². The van der Waals surface area contributed by atoms with Crippen LogP contribution in [0, 0.1) is 0 Å². The quantitative estimate of drug-likeness (QED) is 0.157. The number of benzene rings is 9. The lowest BCUT2D eigenvalue weighted by atomic mass is 9.67. The predicted molar refractivity (Wildman–Crippen MR) is 241 cm³/mol. The van der Waals surface area contributed by atoms with Gasteiger partial charge in [0.2, 0.25) is 0 Å². The minimum Gasteiger partial charge on any atom is -0.310 e. The summed E-state index contributed by atoms with van der Waals surface area (Å²) in [6.45, 7) is 2.40. The second-order valence-corrected chi connectivity index (χ2v) is 15.7. The summed E-state index contributed by atoms with van der Waals surface area (Å²) in [4.78, 5) is 2.46. The minimum absolute atomic E-state index is 0.287. The average Bonchev–Trinajstić information content (AvgIpc) is 3.74. The number of para-hydroxylation sites is 2. The van der Waals surface area contributed by atoms with Gasteiger partial charge in [0.1, 0.15) is 0 Å². The van der Waals surface area contributed by atoms with Crippen molar-refractivity contribution in [3.63, 3.8) is 0 Å². The highest BCUT2D eigenvalue weighted by Crippen LogP contribution is 2.58. The Morgan fingerprint density at radius 1 is 0.310 bits per heavy atom. The number of rotatable bonds is 7. The Kier molecular flexibility index (Phi) is 7.91. The maximum absolute atomic E-state index is 2.46. The lowest BCUT2D eigenvalue weighted by Gasteiger charge is -2.35. The molecule has 0 N–H and O–H groups in total. The standard InChI is InChI=1S/C57H41N/c1-56(41-20-6-2-7-21-41)51-31-17-14-29-47(51)49-36-34-40(38-53(49)56)46-28-16-19-33-55(46)58(44-26-12-5-13-27-44)45-35-37-50-48-30-15-18-32-52(48)57(54(50)39-45,42-22-8-3-9-23-42)43-24-10-4-11-25-43/h2-39H,1H3. The van der Waals surface area contributed by atoms with Crippen LogP contribution in [0.25, 0.3) is 33.4 Å². The molecular weight excluding hydrogens is 699 g/mol. The van der Waals surface area contributed by atoms with Crippen LogP contribution in [0.2, 0.25) is 0 Å². The summed E-state index contributed by atoms with van der Waals surface area (Å²) in [5, 5.41) is 0. The first kappa shape index (κ1) is 34.1. The van der Waals surface area contributed by atoms with Crippen LogP contribution in [0.15, 0.2) is 231 Å². The highest BCUT2D eigenvalue weighted by molar-refractivity contribution is 5.94. The van der Waals surface area contributed by atoms with E-state index in [4.69, 9.17) is 0 Å².